The van der Waals surface area contributed by atoms with Crippen molar-refractivity contribution in [1.29, 1.82) is 0 Å². The molecule has 2 heterocycles. The SMILES string of the molecule is COc1ccc(-c2cc(C(F)F)c3c(C)nn(CC(=O)O)c3n2)cc1. The van der Waals surface area contributed by atoms with Crippen LogP contribution < -0.4 is 4.74 Å². The maximum atomic E-state index is 13.6. The van der Waals surface area contributed by atoms with Crippen LogP contribution in [0.3, 0.4) is 0 Å². The average Bonchev–Trinajstić information content (AvgIpc) is 2.89. The van der Waals surface area contributed by atoms with E-state index < -0.39 is 18.9 Å². The number of rotatable bonds is 5. The average molecular weight is 347 g/mol. The number of methoxy groups -OCH3 is 1. The van der Waals surface area contributed by atoms with E-state index in [9.17, 15) is 13.6 Å². The van der Waals surface area contributed by atoms with Gasteiger partial charge in [-0.05, 0) is 37.3 Å². The molecule has 8 heteroatoms. The fourth-order valence-corrected chi connectivity index (χ4v) is 2.71. The van der Waals surface area contributed by atoms with Gasteiger partial charge in [-0.3, -0.25) is 4.79 Å². The number of pyridine rings is 1. The zero-order chi connectivity index (χ0) is 18.1. The third-order valence-corrected chi connectivity index (χ3v) is 3.81. The Morgan fingerprint density at radius 3 is 2.56 bits per heavy atom. The summed E-state index contributed by atoms with van der Waals surface area (Å²) in [6.07, 6.45) is -2.73. The second-order valence-corrected chi connectivity index (χ2v) is 5.46. The van der Waals surface area contributed by atoms with Crippen molar-refractivity contribution in [2.45, 2.75) is 19.9 Å². The van der Waals surface area contributed by atoms with E-state index in [2.05, 4.69) is 10.1 Å². The summed E-state index contributed by atoms with van der Waals surface area (Å²) < 4.78 is 33.3. The molecule has 0 amide bonds. The Kier molecular flexibility index (Phi) is 4.35. The van der Waals surface area contributed by atoms with E-state index >= 15 is 0 Å². The van der Waals surface area contributed by atoms with Gasteiger partial charge in [0.2, 0.25) is 0 Å². The molecule has 3 rings (SSSR count). The standard InChI is InChI=1S/C17H15F2N3O3/c1-9-15-12(16(18)19)7-13(10-3-5-11(25-2)6-4-10)20-17(15)22(21-9)8-14(23)24/h3-7,16H,8H2,1-2H3,(H,23,24). The number of ether oxygens (including phenoxy) is 1. The van der Waals surface area contributed by atoms with Gasteiger partial charge in [0, 0.05) is 11.1 Å². The zero-order valence-corrected chi connectivity index (χ0v) is 13.5. The van der Waals surface area contributed by atoms with Crippen LogP contribution in [0.4, 0.5) is 8.78 Å². The molecule has 0 bridgehead atoms. The molecule has 1 N–H and O–H groups in total. The minimum Gasteiger partial charge on any atom is -0.497 e. The van der Waals surface area contributed by atoms with Crippen LogP contribution in [-0.4, -0.2) is 33.0 Å². The molecular weight excluding hydrogens is 332 g/mol. The molecule has 0 saturated carbocycles. The fraction of sp³-hybridized carbons (Fsp3) is 0.235. The van der Waals surface area contributed by atoms with Crippen LogP contribution in [0.2, 0.25) is 0 Å². The first-order valence-corrected chi connectivity index (χ1v) is 7.43. The lowest BCUT2D eigenvalue weighted by molar-refractivity contribution is -0.137. The van der Waals surface area contributed by atoms with E-state index in [1.54, 1.807) is 31.2 Å². The first kappa shape index (κ1) is 16.8. The minimum absolute atomic E-state index is 0.128. The number of halogens is 2. The maximum Gasteiger partial charge on any atom is 0.325 e. The van der Waals surface area contributed by atoms with Gasteiger partial charge in [0.1, 0.15) is 12.3 Å². The molecule has 0 spiro atoms. The predicted molar refractivity (Wildman–Crippen MR) is 86.8 cm³/mol. The highest BCUT2D eigenvalue weighted by Gasteiger charge is 2.21. The fourth-order valence-electron chi connectivity index (χ4n) is 2.71. The quantitative estimate of drug-likeness (QED) is 0.765. The number of aliphatic carboxylic acids is 1. The molecule has 0 aliphatic carbocycles. The van der Waals surface area contributed by atoms with Gasteiger partial charge in [0.15, 0.2) is 5.65 Å². The smallest absolute Gasteiger partial charge is 0.325 e. The number of fused-ring (bicyclic) bond motifs is 1. The molecule has 0 fully saturated rings. The Morgan fingerprint density at radius 1 is 1.32 bits per heavy atom. The van der Waals surface area contributed by atoms with Gasteiger partial charge >= 0.3 is 5.97 Å². The molecule has 3 aromatic rings. The van der Waals surface area contributed by atoms with Crippen LogP contribution >= 0.6 is 0 Å². The van der Waals surface area contributed by atoms with Crippen LogP contribution in [0, 0.1) is 6.92 Å². The number of carboxylic acid groups (broad SMARTS) is 1. The number of alkyl halides is 2. The van der Waals surface area contributed by atoms with Crippen LogP contribution in [-0.2, 0) is 11.3 Å². The van der Waals surface area contributed by atoms with Crippen molar-refractivity contribution in [3.05, 3.63) is 41.6 Å². The summed E-state index contributed by atoms with van der Waals surface area (Å²) in [5, 5.41) is 13.3. The lowest BCUT2D eigenvalue weighted by atomic mass is 10.1. The van der Waals surface area contributed by atoms with Gasteiger partial charge in [0.25, 0.3) is 6.43 Å². The lowest BCUT2D eigenvalue weighted by Crippen LogP contribution is -2.11. The van der Waals surface area contributed by atoms with E-state index in [1.807, 2.05) is 0 Å². The second kappa shape index (κ2) is 6.46. The van der Waals surface area contributed by atoms with Crippen molar-refractivity contribution >= 4 is 17.0 Å². The summed E-state index contributed by atoms with van der Waals surface area (Å²) in [7, 11) is 1.53. The Morgan fingerprint density at radius 2 is 2.00 bits per heavy atom. The summed E-state index contributed by atoms with van der Waals surface area (Å²) in [4.78, 5) is 15.4. The molecule has 0 radical (unpaired) electrons. The van der Waals surface area contributed by atoms with Crippen molar-refractivity contribution in [2.24, 2.45) is 0 Å². The Hall–Kier alpha value is -3.03. The van der Waals surface area contributed by atoms with Gasteiger partial charge in [-0.2, -0.15) is 5.10 Å². The topological polar surface area (TPSA) is 77.2 Å². The van der Waals surface area contributed by atoms with E-state index in [1.165, 1.54) is 13.2 Å². The van der Waals surface area contributed by atoms with Crippen molar-refractivity contribution in [2.75, 3.05) is 7.11 Å². The highest BCUT2D eigenvalue weighted by molar-refractivity contribution is 5.86. The highest BCUT2D eigenvalue weighted by Crippen LogP contribution is 2.33. The molecular formula is C17H15F2N3O3. The number of benzene rings is 1. The molecule has 6 nitrogen and oxygen atoms in total. The summed E-state index contributed by atoms with van der Waals surface area (Å²) in [5.74, 6) is -0.495. The molecule has 130 valence electrons. The molecule has 2 aromatic heterocycles. The van der Waals surface area contributed by atoms with Crippen molar-refractivity contribution in [3.8, 4) is 17.0 Å². The molecule has 0 saturated heterocycles. The lowest BCUT2D eigenvalue weighted by Gasteiger charge is -2.09. The maximum absolute atomic E-state index is 13.6. The van der Waals surface area contributed by atoms with E-state index in [0.717, 1.165) is 4.68 Å². The number of nitrogens with zero attached hydrogens (tertiary/aromatic N) is 3. The van der Waals surface area contributed by atoms with Crippen molar-refractivity contribution in [3.63, 3.8) is 0 Å². The van der Waals surface area contributed by atoms with Crippen LogP contribution in [0.25, 0.3) is 22.3 Å². The van der Waals surface area contributed by atoms with Gasteiger partial charge in [0.05, 0.1) is 23.9 Å². The Bertz CT molecular complexity index is 936. The number of hydrogen-bond acceptors (Lipinski definition) is 4. The molecule has 0 aliphatic rings. The van der Waals surface area contributed by atoms with Gasteiger partial charge in [-0.1, -0.05) is 0 Å². The summed E-state index contributed by atoms with van der Waals surface area (Å²) in [5.41, 5.74) is 1.16. The second-order valence-electron chi connectivity index (χ2n) is 5.46. The molecule has 0 unspecified atom stereocenters. The highest BCUT2D eigenvalue weighted by atomic mass is 19.3. The normalized spacial score (nSPS) is 11.2. The van der Waals surface area contributed by atoms with Gasteiger partial charge in [-0.15, -0.1) is 0 Å². The molecule has 25 heavy (non-hydrogen) atoms. The van der Waals surface area contributed by atoms with E-state index in [0.29, 0.717) is 22.7 Å². The number of aromatic nitrogens is 3. The third kappa shape index (κ3) is 3.15. The molecule has 0 aliphatic heterocycles. The predicted octanol–water partition coefficient (Wildman–Crippen LogP) is 3.44. The van der Waals surface area contributed by atoms with Crippen LogP contribution in [0.15, 0.2) is 30.3 Å². The van der Waals surface area contributed by atoms with E-state index in [4.69, 9.17) is 9.84 Å². The van der Waals surface area contributed by atoms with Crippen LogP contribution in [0.5, 0.6) is 5.75 Å². The number of carboxylic acids is 1. The summed E-state index contributed by atoms with van der Waals surface area (Å²) in [6.45, 7) is 1.10. The first-order valence-electron chi connectivity index (χ1n) is 7.43. The largest absolute Gasteiger partial charge is 0.497 e. The minimum atomic E-state index is -2.73. The number of hydrogen-bond donors (Lipinski definition) is 1. The first-order chi connectivity index (χ1) is 11.9. The number of carbonyl (C=O) groups is 1. The van der Waals surface area contributed by atoms with E-state index in [-0.39, 0.29) is 16.6 Å². The Labute approximate surface area is 141 Å². The number of aryl methyl sites for hydroxylation is 1. The van der Waals surface area contributed by atoms with Crippen molar-refractivity contribution in [1.82, 2.24) is 14.8 Å². The van der Waals surface area contributed by atoms with Gasteiger partial charge in [-0.25, -0.2) is 18.4 Å². The van der Waals surface area contributed by atoms with Crippen molar-refractivity contribution < 1.29 is 23.4 Å². The third-order valence-electron chi connectivity index (χ3n) is 3.81. The summed E-state index contributed by atoms with van der Waals surface area (Å²) >= 11 is 0. The monoisotopic (exact) mass is 347 g/mol. The van der Waals surface area contributed by atoms with Crippen LogP contribution in [0.1, 0.15) is 17.7 Å². The zero-order valence-electron chi connectivity index (χ0n) is 13.5. The molecule has 1 aromatic carbocycles. The van der Waals surface area contributed by atoms with Gasteiger partial charge < -0.3 is 9.84 Å². The summed E-state index contributed by atoms with van der Waals surface area (Å²) in [6, 6.07) is 8.11. The Balaban J connectivity index is 2.24. The molecule has 0 atom stereocenters.